The summed E-state index contributed by atoms with van der Waals surface area (Å²) in [6.45, 7) is 0.330. The molecule has 100 valence electrons. The van der Waals surface area contributed by atoms with Crippen LogP contribution in [0.5, 0.6) is 0 Å². The summed E-state index contributed by atoms with van der Waals surface area (Å²) in [6, 6.07) is 4.97. The monoisotopic (exact) mass is 291 g/mol. The van der Waals surface area contributed by atoms with Gasteiger partial charge in [0.15, 0.2) is 0 Å². The molecule has 3 N–H and O–H groups in total. The number of halogens is 2. The third-order valence-electron chi connectivity index (χ3n) is 2.43. The lowest BCUT2D eigenvalue weighted by molar-refractivity contribution is -0.137. The molecule has 0 saturated carbocycles. The van der Waals surface area contributed by atoms with E-state index in [1.54, 1.807) is 12.1 Å². The Kier molecular flexibility index (Phi) is 6.43. The fourth-order valence-electron chi connectivity index (χ4n) is 1.65. The van der Waals surface area contributed by atoms with Gasteiger partial charge in [-0.3, -0.25) is 4.79 Å². The van der Waals surface area contributed by atoms with Crippen molar-refractivity contribution in [2.75, 3.05) is 13.2 Å². The molecule has 0 fully saturated rings. The van der Waals surface area contributed by atoms with E-state index in [2.05, 4.69) is 5.32 Å². The maximum absolute atomic E-state index is 10.7. The van der Waals surface area contributed by atoms with Crippen molar-refractivity contribution in [2.45, 2.75) is 18.9 Å². The van der Waals surface area contributed by atoms with E-state index in [9.17, 15) is 4.79 Å². The van der Waals surface area contributed by atoms with Crippen LogP contribution in [0, 0.1) is 0 Å². The highest BCUT2D eigenvalue weighted by molar-refractivity contribution is 6.42. The van der Waals surface area contributed by atoms with Gasteiger partial charge >= 0.3 is 5.97 Å². The molecule has 1 aromatic rings. The van der Waals surface area contributed by atoms with Crippen molar-refractivity contribution in [1.29, 1.82) is 0 Å². The summed E-state index contributed by atoms with van der Waals surface area (Å²) in [5.74, 6) is -0.884. The molecule has 0 spiro atoms. The number of aliphatic hydroxyl groups excluding tert-OH is 1. The van der Waals surface area contributed by atoms with Crippen LogP contribution in [-0.2, 0) is 11.2 Å². The summed E-state index contributed by atoms with van der Waals surface area (Å²) in [5, 5.41) is 21.5. The van der Waals surface area contributed by atoms with Crippen molar-refractivity contribution in [2.24, 2.45) is 0 Å². The molecule has 0 bridgehead atoms. The highest BCUT2D eigenvalue weighted by Crippen LogP contribution is 2.23. The first-order valence-corrected chi connectivity index (χ1v) is 6.28. The van der Waals surface area contributed by atoms with Crippen molar-refractivity contribution in [3.8, 4) is 0 Å². The average Bonchev–Trinajstić information content (AvgIpc) is 2.30. The van der Waals surface area contributed by atoms with Crippen molar-refractivity contribution in [1.82, 2.24) is 5.32 Å². The Balaban J connectivity index is 2.68. The van der Waals surface area contributed by atoms with Gasteiger partial charge in [0.2, 0.25) is 0 Å². The molecule has 18 heavy (non-hydrogen) atoms. The molecule has 0 aliphatic rings. The van der Waals surface area contributed by atoms with Gasteiger partial charge < -0.3 is 15.5 Å². The van der Waals surface area contributed by atoms with Gasteiger partial charge in [-0.05, 0) is 24.1 Å². The molecule has 1 unspecified atom stereocenters. The molecule has 6 heteroatoms. The molecule has 1 atom stereocenters. The molecule has 0 radical (unpaired) electrons. The maximum Gasteiger partial charge on any atom is 0.304 e. The molecule has 0 aliphatic heterocycles. The SMILES string of the molecule is O=C(O)CC(Cc1ccc(Cl)c(Cl)c1)NCCO. The third-order valence-corrected chi connectivity index (χ3v) is 3.17. The van der Waals surface area contributed by atoms with Gasteiger partial charge in [0, 0.05) is 12.6 Å². The normalized spacial score (nSPS) is 12.4. The quantitative estimate of drug-likeness (QED) is 0.718. The summed E-state index contributed by atoms with van der Waals surface area (Å²) in [4.78, 5) is 10.7. The Morgan fingerprint density at radius 1 is 1.33 bits per heavy atom. The Bertz CT molecular complexity index is 412. The lowest BCUT2D eigenvalue weighted by Gasteiger charge is -2.16. The summed E-state index contributed by atoms with van der Waals surface area (Å²) in [7, 11) is 0. The van der Waals surface area contributed by atoms with Crippen LogP contribution in [0.4, 0.5) is 0 Å². The number of carboxylic acids is 1. The molecule has 1 aromatic carbocycles. The van der Waals surface area contributed by atoms with E-state index in [-0.39, 0.29) is 19.1 Å². The predicted molar refractivity (Wildman–Crippen MR) is 71.3 cm³/mol. The smallest absolute Gasteiger partial charge is 0.304 e. The molecule has 4 nitrogen and oxygen atoms in total. The number of hydrogen-bond acceptors (Lipinski definition) is 3. The molecular formula is C12H15Cl2NO3. The van der Waals surface area contributed by atoms with Gasteiger partial charge in [0.1, 0.15) is 0 Å². The Hall–Kier alpha value is -0.810. The van der Waals surface area contributed by atoms with Gasteiger partial charge in [0.25, 0.3) is 0 Å². The second kappa shape index (κ2) is 7.59. The molecule has 0 saturated heterocycles. The topological polar surface area (TPSA) is 69.6 Å². The number of aliphatic hydroxyl groups is 1. The zero-order valence-corrected chi connectivity index (χ0v) is 11.2. The summed E-state index contributed by atoms with van der Waals surface area (Å²) >= 11 is 11.7. The number of benzene rings is 1. The first-order chi connectivity index (χ1) is 8.52. The van der Waals surface area contributed by atoms with E-state index in [4.69, 9.17) is 33.4 Å². The Morgan fingerprint density at radius 3 is 2.61 bits per heavy atom. The summed E-state index contributed by atoms with van der Waals surface area (Å²) < 4.78 is 0. The highest BCUT2D eigenvalue weighted by Gasteiger charge is 2.13. The van der Waals surface area contributed by atoms with Crippen molar-refractivity contribution >= 4 is 29.2 Å². The highest BCUT2D eigenvalue weighted by atomic mass is 35.5. The van der Waals surface area contributed by atoms with E-state index in [1.807, 2.05) is 6.07 Å². The minimum Gasteiger partial charge on any atom is -0.481 e. The molecule has 0 aromatic heterocycles. The van der Waals surface area contributed by atoms with E-state index >= 15 is 0 Å². The number of nitrogens with one attached hydrogen (secondary N) is 1. The minimum absolute atomic E-state index is 0.0136. The van der Waals surface area contributed by atoms with Crippen LogP contribution in [0.2, 0.25) is 10.0 Å². The number of hydrogen-bond donors (Lipinski definition) is 3. The first kappa shape index (κ1) is 15.2. The van der Waals surface area contributed by atoms with E-state index < -0.39 is 5.97 Å². The van der Waals surface area contributed by atoms with E-state index in [0.29, 0.717) is 23.0 Å². The number of carboxylic acid groups (broad SMARTS) is 1. The second-order valence-electron chi connectivity index (χ2n) is 3.93. The van der Waals surface area contributed by atoms with Crippen LogP contribution >= 0.6 is 23.2 Å². The molecule has 0 heterocycles. The summed E-state index contributed by atoms with van der Waals surface area (Å²) in [5.41, 5.74) is 0.904. The average molecular weight is 292 g/mol. The molecule has 0 amide bonds. The van der Waals surface area contributed by atoms with Crippen LogP contribution in [0.15, 0.2) is 18.2 Å². The van der Waals surface area contributed by atoms with Crippen LogP contribution in [0.1, 0.15) is 12.0 Å². The van der Waals surface area contributed by atoms with E-state index in [1.165, 1.54) is 0 Å². The largest absolute Gasteiger partial charge is 0.481 e. The van der Waals surface area contributed by atoms with Crippen LogP contribution < -0.4 is 5.32 Å². The number of carbonyl (C=O) groups is 1. The predicted octanol–water partition coefficient (Wildman–Crippen LogP) is 1.96. The molecular weight excluding hydrogens is 277 g/mol. The second-order valence-corrected chi connectivity index (χ2v) is 4.74. The van der Waals surface area contributed by atoms with E-state index in [0.717, 1.165) is 5.56 Å². The lowest BCUT2D eigenvalue weighted by Crippen LogP contribution is -2.35. The van der Waals surface area contributed by atoms with Gasteiger partial charge in [-0.2, -0.15) is 0 Å². The standard InChI is InChI=1S/C12H15Cl2NO3/c13-10-2-1-8(6-11(10)14)5-9(7-12(17)18)15-3-4-16/h1-2,6,9,15-16H,3-5,7H2,(H,17,18). The van der Waals surface area contributed by atoms with Crippen molar-refractivity contribution < 1.29 is 15.0 Å². The molecule has 0 aliphatic carbocycles. The van der Waals surface area contributed by atoms with Crippen LogP contribution in [-0.4, -0.2) is 35.4 Å². The van der Waals surface area contributed by atoms with Gasteiger partial charge in [-0.15, -0.1) is 0 Å². The lowest BCUT2D eigenvalue weighted by atomic mass is 10.0. The zero-order valence-electron chi connectivity index (χ0n) is 9.70. The van der Waals surface area contributed by atoms with Gasteiger partial charge in [0.05, 0.1) is 23.1 Å². The van der Waals surface area contributed by atoms with Crippen LogP contribution in [0.25, 0.3) is 0 Å². The fourth-order valence-corrected chi connectivity index (χ4v) is 1.97. The van der Waals surface area contributed by atoms with Gasteiger partial charge in [-0.25, -0.2) is 0 Å². The maximum atomic E-state index is 10.7. The van der Waals surface area contributed by atoms with Crippen molar-refractivity contribution in [3.63, 3.8) is 0 Å². The fraction of sp³-hybridized carbons (Fsp3) is 0.417. The zero-order chi connectivity index (χ0) is 13.5. The van der Waals surface area contributed by atoms with Crippen molar-refractivity contribution in [3.05, 3.63) is 33.8 Å². The molecule has 1 rings (SSSR count). The first-order valence-electron chi connectivity index (χ1n) is 5.53. The Labute approximate surface area is 116 Å². The summed E-state index contributed by atoms with van der Waals surface area (Å²) in [6.07, 6.45) is 0.503. The Morgan fingerprint density at radius 2 is 2.06 bits per heavy atom. The van der Waals surface area contributed by atoms with Crippen LogP contribution in [0.3, 0.4) is 0 Å². The number of aliphatic carboxylic acids is 1. The third kappa shape index (κ3) is 5.23. The minimum atomic E-state index is -0.884. The number of rotatable bonds is 7. The van der Waals surface area contributed by atoms with Gasteiger partial charge in [-0.1, -0.05) is 29.3 Å².